The highest BCUT2D eigenvalue weighted by Gasteiger charge is 2.35. The van der Waals surface area contributed by atoms with Crippen LogP contribution in [0.15, 0.2) is 24.3 Å². The van der Waals surface area contributed by atoms with E-state index in [1.54, 1.807) is 0 Å². The molecular formula is C19H28O2. The fourth-order valence-corrected chi connectivity index (χ4v) is 4.03. The number of hydrogen-bond donors (Lipinski definition) is 1. The molecule has 2 aliphatic rings. The van der Waals surface area contributed by atoms with Crippen molar-refractivity contribution in [2.24, 2.45) is 11.8 Å². The molecule has 1 N–H and O–H groups in total. The van der Waals surface area contributed by atoms with E-state index in [9.17, 15) is 5.11 Å². The van der Waals surface area contributed by atoms with Crippen LogP contribution in [0.2, 0.25) is 0 Å². The lowest BCUT2D eigenvalue weighted by molar-refractivity contribution is -0.108. The van der Waals surface area contributed by atoms with Crippen LogP contribution in [0.1, 0.15) is 69.6 Å². The predicted octanol–water partition coefficient (Wildman–Crippen LogP) is 4.44. The first-order valence-corrected chi connectivity index (χ1v) is 8.48. The van der Waals surface area contributed by atoms with Crippen molar-refractivity contribution in [3.05, 3.63) is 35.4 Å². The summed E-state index contributed by atoms with van der Waals surface area (Å²) in [5.74, 6) is 2.00. The Labute approximate surface area is 128 Å². The number of hydrogen-bond acceptors (Lipinski definition) is 2. The van der Waals surface area contributed by atoms with Gasteiger partial charge < -0.3 is 9.84 Å². The number of benzene rings is 1. The maximum Gasteiger partial charge on any atom is 0.105 e. The standard InChI is InChI=1S/C19H28O2/c1-12-8-9-15(10-13(12)2)21-18-11-14(3)16-6-4-5-7-17(16)19(18)20/h4-7,12-15,18-20H,8-11H2,1-3H3. The molecule has 0 spiro atoms. The van der Waals surface area contributed by atoms with E-state index >= 15 is 0 Å². The molecule has 3 rings (SSSR count). The molecule has 0 aromatic heterocycles. The van der Waals surface area contributed by atoms with Gasteiger partial charge in [-0.05, 0) is 54.6 Å². The van der Waals surface area contributed by atoms with E-state index in [4.69, 9.17) is 4.74 Å². The summed E-state index contributed by atoms with van der Waals surface area (Å²) >= 11 is 0. The summed E-state index contributed by atoms with van der Waals surface area (Å²) in [6, 6.07) is 8.27. The molecule has 116 valence electrons. The number of rotatable bonds is 2. The zero-order valence-electron chi connectivity index (χ0n) is 13.5. The summed E-state index contributed by atoms with van der Waals surface area (Å²) in [5, 5.41) is 10.7. The molecule has 21 heavy (non-hydrogen) atoms. The molecule has 0 heterocycles. The van der Waals surface area contributed by atoms with Gasteiger partial charge >= 0.3 is 0 Å². The van der Waals surface area contributed by atoms with Gasteiger partial charge in [0.2, 0.25) is 0 Å². The topological polar surface area (TPSA) is 29.5 Å². The van der Waals surface area contributed by atoms with Gasteiger partial charge in [0.05, 0.1) is 12.2 Å². The molecule has 1 aromatic carbocycles. The highest BCUT2D eigenvalue weighted by Crippen LogP contribution is 2.41. The number of aliphatic hydroxyl groups is 1. The second kappa shape index (κ2) is 6.10. The second-order valence-electron chi connectivity index (χ2n) is 7.27. The third kappa shape index (κ3) is 3.02. The Morgan fingerprint density at radius 3 is 2.38 bits per heavy atom. The molecule has 0 amide bonds. The number of aliphatic hydroxyl groups excluding tert-OH is 1. The molecule has 2 aliphatic carbocycles. The van der Waals surface area contributed by atoms with E-state index < -0.39 is 6.10 Å². The Kier molecular flexibility index (Phi) is 4.37. The van der Waals surface area contributed by atoms with E-state index in [0.717, 1.165) is 36.7 Å². The van der Waals surface area contributed by atoms with Crippen LogP contribution in [0.4, 0.5) is 0 Å². The van der Waals surface area contributed by atoms with Crippen LogP contribution in [0, 0.1) is 11.8 Å². The predicted molar refractivity (Wildman–Crippen MR) is 85.3 cm³/mol. The molecule has 1 fully saturated rings. The zero-order valence-corrected chi connectivity index (χ0v) is 13.5. The zero-order chi connectivity index (χ0) is 15.0. The van der Waals surface area contributed by atoms with Crippen molar-refractivity contribution in [1.29, 1.82) is 0 Å². The van der Waals surface area contributed by atoms with Crippen molar-refractivity contribution in [2.75, 3.05) is 0 Å². The van der Waals surface area contributed by atoms with Gasteiger partial charge in [-0.3, -0.25) is 0 Å². The van der Waals surface area contributed by atoms with Gasteiger partial charge in [-0.2, -0.15) is 0 Å². The Bertz CT molecular complexity index is 484. The summed E-state index contributed by atoms with van der Waals surface area (Å²) < 4.78 is 6.34. The van der Waals surface area contributed by atoms with Gasteiger partial charge in [0.25, 0.3) is 0 Å². The largest absolute Gasteiger partial charge is 0.386 e. The van der Waals surface area contributed by atoms with Crippen LogP contribution in [-0.4, -0.2) is 17.3 Å². The van der Waals surface area contributed by atoms with Crippen LogP contribution in [0.3, 0.4) is 0 Å². The smallest absolute Gasteiger partial charge is 0.105 e. The van der Waals surface area contributed by atoms with E-state index in [1.807, 2.05) is 6.07 Å². The summed E-state index contributed by atoms with van der Waals surface area (Å²) in [6.45, 7) is 6.91. The second-order valence-corrected chi connectivity index (χ2v) is 7.27. The Hall–Kier alpha value is -0.860. The van der Waals surface area contributed by atoms with Crippen molar-refractivity contribution in [3.63, 3.8) is 0 Å². The summed E-state index contributed by atoms with van der Waals surface area (Å²) in [5.41, 5.74) is 2.36. The van der Waals surface area contributed by atoms with Gasteiger partial charge in [0, 0.05) is 0 Å². The molecule has 0 radical (unpaired) electrons. The summed E-state index contributed by atoms with van der Waals surface area (Å²) in [7, 11) is 0. The normalized spacial score (nSPS) is 39.8. The number of fused-ring (bicyclic) bond motifs is 1. The molecule has 6 unspecified atom stereocenters. The fraction of sp³-hybridized carbons (Fsp3) is 0.684. The monoisotopic (exact) mass is 288 g/mol. The van der Waals surface area contributed by atoms with Crippen LogP contribution in [0.25, 0.3) is 0 Å². The van der Waals surface area contributed by atoms with Crippen LogP contribution in [0.5, 0.6) is 0 Å². The molecule has 1 saturated carbocycles. The molecule has 2 heteroatoms. The van der Waals surface area contributed by atoms with Gasteiger partial charge in [-0.25, -0.2) is 0 Å². The van der Waals surface area contributed by atoms with E-state index in [-0.39, 0.29) is 6.10 Å². The minimum atomic E-state index is -0.466. The van der Waals surface area contributed by atoms with Crippen LogP contribution < -0.4 is 0 Å². The number of ether oxygens (including phenoxy) is 1. The van der Waals surface area contributed by atoms with Gasteiger partial charge in [0.1, 0.15) is 6.10 Å². The molecular weight excluding hydrogens is 260 g/mol. The molecule has 0 aliphatic heterocycles. The maximum absolute atomic E-state index is 10.7. The first kappa shape index (κ1) is 15.1. The Morgan fingerprint density at radius 1 is 0.952 bits per heavy atom. The van der Waals surface area contributed by atoms with Crippen LogP contribution in [-0.2, 0) is 4.74 Å². The quantitative estimate of drug-likeness (QED) is 0.872. The van der Waals surface area contributed by atoms with Crippen molar-refractivity contribution in [3.8, 4) is 0 Å². The van der Waals surface area contributed by atoms with E-state index in [0.29, 0.717) is 12.0 Å². The first-order valence-electron chi connectivity index (χ1n) is 8.48. The highest BCUT2D eigenvalue weighted by atomic mass is 16.5. The van der Waals surface area contributed by atoms with Crippen molar-refractivity contribution in [1.82, 2.24) is 0 Å². The van der Waals surface area contributed by atoms with E-state index in [2.05, 4.69) is 39.0 Å². The highest BCUT2D eigenvalue weighted by molar-refractivity contribution is 5.35. The van der Waals surface area contributed by atoms with Crippen molar-refractivity contribution < 1.29 is 9.84 Å². The lowest BCUT2D eigenvalue weighted by Crippen LogP contribution is -2.36. The van der Waals surface area contributed by atoms with Gasteiger partial charge in [0.15, 0.2) is 0 Å². The van der Waals surface area contributed by atoms with Crippen molar-refractivity contribution >= 4 is 0 Å². The average Bonchev–Trinajstić information content (AvgIpc) is 2.48. The molecule has 2 nitrogen and oxygen atoms in total. The molecule has 0 saturated heterocycles. The first-order chi connectivity index (χ1) is 10.1. The molecule has 1 aromatic rings. The van der Waals surface area contributed by atoms with Gasteiger partial charge in [-0.15, -0.1) is 0 Å². The third-order valence-electron chi connectivity index (χ3n) is 5.70. The SMILES string of the molecule is CC1CC(OC2CCC(C)C(C)C2)C(O)c2ccccc21. The minimum absolute atomic E-state index is 0.0412. The van der Waals surface area contributed by atoms with Gasteiger partial charge in [-0.1, -0.05) is 45.0 Å². The lowest BCUT2D eigenvalue weighted by atomic mass is 9.78. The summed E-state index contributed by atoms with van der Waals surface area (Å²) in [4.78, 5) is 0. The average molecular weight is 288 g/mol. The Balaban J connectivity index is 1.70. The third-order valence-corrected chi connectivity index (χ3v) is 5.70. The molecule has 0 bridgehead atoms. The maximum atomic E-state index is 10.7. The van der Waals surface area contributed by atoms with E-state index in [1.165, 1.54) is 12.0 Å². The minimum Gasteiger partial charge on any atom is -0.386 e. The Morgan fingerprint density at radius 2 is 1.67 bits per heavy atom. The molecule has 6 atom stereocenters. The summed E-state index contributed by atoms with van der Waals surface area (Å²) in [6.07, 6.45) is 4.28. The lowest BCUT2D eigenvalue weighted by Gasteiger charge is -2.39. The van der Waals surface area contributed by atoms with Crippen LogP contribution >= 0.6 is 0 Å². The fourth-order valence-electron chi connectivity index (χ4n) is 4.03. The van der Waals surface area contributed by atoms with Crippen molar-refractivity contribution in [2.45, 2.75) is 70.7 Å².